The molecular formula is C18H26N4O. The van der Waals surface area contributed by atoms with E-state index in [1.165, 1.54) is 0 Å². The van der Waals surface area contributed by atoms with Crippen molar-refractivity contribution in [2.45, 2.75) is 39.5 Å². The van der Waals surface area contributed by atoms with Gasteiger partial charge in [0.2, 0.25) is 0 Å². The number of nitrogens with one attached hydrogen (secondary N) is 1. The number of aromatic nitrogens is 2. The predicted octanol–water partition coefficient (Wildman–Crippen LogP) is 3.00. The Morgan fingerprint density at radius 1 is 1.39 bits per heavy atom. The molecule has 0 saturated carbocycles. The molecule has 0 aliphatic carbocycles. The summed E-state index contributed by atoms with van der Waals surface area (Å²) in [5.74, 6) is 0.838. The Hall–Kier alpha value is -2.14. The largest absolute Gasteiger partial charge is 0.351 e. The summed E-state index contributed by atoms with van der Waals surface area (Å²) in [6.45, 7) is 6.87. The van der Waals surface area contributed by atoms with E-state index < -0.39 is 0 Å². The van der Waals surface area contributed by atoms with Crippen molar-refractivity contribution < 1.29 is 4.79 Å². The molecule has 0 spiro atoms. The highest BCUT2D eigenvalue weighted by Crippen LogP contribution is 2.22. The standard InChI is InChI=1S/C18H26N4O/c1-12(2)16-11-15(13(3)22(16)4)18(23)21-17-10-14(6-5-8-19)7-9-20-17/h7,9-12H,5-6,8,19H2,1-4H3,(H,20,21,23). The minimum atomic E-state index is -0.117. The summed E-state index contributed by atoms with van der Waals surface area (Å²) in [4.78, 5) is 16.8. The van der Waals surface area contributed by atoms with Crippen LogP contribution in [0.15, 0.2) is 24.4 Å². The third kappa shape index (κ3) is 3.99. The lowest BCUT2D eigenvalue weighted by Gasteiger charge is -2.08. The number of amides is 1. The van der Waals surface area contributed by atoms with Crippen molar-refractivity contribution in [2.75, 3.05) is 11.9 Å². The Morgan fingerprint density at radius 2 is 2.13 bits per heavy atom. The van der Waals surface area contributed by atoms with E-state index in [2.05, 4.69) is 28.7 Å². The van der Waals surface area contributed by atoms with Gasteiger partial charge in [-0.25, -0.2) is 4.98 Å². The molecule has 124 valence electrons. The molecule has 0 saturated heterocycles. The number of hydrogen-bond donors (Lipinski definition) is 2. The third-order valence-corrected chi connectivity index (χ3v) is 4.14. The average molecular weight is 314 g/mol. The Balaban J connectivity index is 2.18. The van der Waals surface area contributed by atoms with Gasteiger partial charge in [-0.3, -0.25) is 4.79 Å². The maximum absolute atomic E-state index is 12.6. The Kier molecular flexibility index (Phi) is 5.55. The van der Waals surface area contributed by atoms with Crippen LogP contribution >= 0.6 is 0 Å². The first-order valence-electron chi connectivity index (χ1n) is 8.06. The number of aryl methyl sites for hydroxylation is 1. The quantitative estimate of drug-likeness (QED) is 0.861. The first kappa shape index (κ1) is 17.2. The summed E-state index contributed by atoms with van der Waals surface area (Å²) in [6.07, 6.45) is 3.54. The van der Waals surface area contributed by atoms with Gasteiger partial charge >= 0.3 is 0 Å². The molecule has 2 aromatic rings. The van der Waals surface area contributed by atoms with Gasteiger partial charge in [-0.15, -0.1) is 0 Å². The van der Waals surface area contributed by atoms with E-state index in [9.17, 15) is 4.79 Å². The van der Waals surface area contributed by atoms with Crippen molar-refractivity contribution in [3.8, 4) is 0 Å². The molecule has 0 fully saturated rings. The first-order valence-corrected chi connectivity index (χ1v) is 8.06. The molecule has 0 aliphatic rings. The molecule has 3 N–H and O–H groups in total. The van der Waals surface area contributed by atoms with Crippen molar-refractivity contribution in [2.24, 2.45) is 12.8 Å². The lowest BCUT2D eigenvalue weighted by atomic mass is 10.1. The Labute approximate surface area is 137 Å². The van der Waals surface area contributed by atoms with E-state index in [-0.39, 0.29) is 5.91 Å². The van der Waals surface area contributed by atoms with Gasteiger partial charge < -0.3 is 15.6 Å². The molecule has 0 unspecified atom stereocenters. The van der Waals surface area contributed by atoms with Gasteiger partial charge in [0.1, 0.15) is 5.82 Å². The number of hydrogen-bond acceptors (Lipinski definition) is 3. The molecule has 2 heterocycles. The molecule has 0 aliphatic heterocycles. The number of carbonyl (C=O) groups excluding carboxylic acids is 1. The molecule has 2 rings (SSSR count). The van der Waals surface area contributed by atoms with Crippen LogP contribution in [0.1, 0.15) is 53.5 Å². The number of pyridine rings is 1. The molecule has 0 radical (unpaired) electrons. The highest BCUT2D eigenvalue weighted by molar-refractivity contribution is 6.04. The molecule has 23 heavy (non-hydrogen) atoms. The van der Waals surface area contributed by atoms with Crippen LogP contribution < -0.4 is 11.1 Å². The monoisotopic (exact) mass is 314 g/mol. The number of anilines is 1. The zero-order chi connectivity index (χ0) is 17.0. The highest BCUT2D eigenvalue weighted by atomic mass is 16.1. The van der Waals surface area contributed by atoms with E-state index >= 15 is 0 Å². The molecule has 0 bridgehead atoms. The first-order chi connectivity index (χ1) is 10.9. The SMILES string of the molecule is Cc1c(C(=O)Nc2cc(CCCN)ccn2)cc(C(C)C)n1C. The van der Waals surface area contributed by atoms with Crippen molar-refractivity contribution in [3.05, 3.63) is 46.9 Å². The summed E-state index contributed by atoms with van der Waals surface area (Å²) in [5, 5.41) is 2.90. The van der Waals surface area contributed by atoms with Crippen molar-refractivity contribution >= 4 is 11.7 Å². The fraction of sp³-hybridized carbons (Fsp3) is 0.444. The van der Waals surface area contributed by atoms with Crippen LogP contribution in [-0.4, -0.2) is 22.0 Å². The number of carbonyl (C=O) groups is 1. The molecule has 0 atom stereocenters. The summed E-state index contributed by atoms with van der Waals surface area (Å²) in [6, 6.07) is 5.83. The average Bonchev–Trinajstić information content (AvgIpc) is 2.82. The second kappa shape index (κ2) is 7.42. The van der Waals surface area contributed by atoms with Crippen LogP contribution in [0, 0.1) is 6.92 Å². The summed E-state index contributed by atoms with van der Waals surface area (Å²) < 4.78 is 2.07. The normalized spacial score (nSPS) is 11.0. The molecule has 1 amide bonds. The Bertz CT molecular complexity index is 688. The number of nitrogens with zero attached hydrogens (tertiary/aromatic N) is 2. The van der Waals surface area contributed by atoms with Crippen LogP contribution in [0.5, 0.6) is 0 Å². The minimum Gasteiger partial charge on any atom is -0.351 e. The predicted molar refractivity (Wildman–Crippen MR) is 93.8 cm³/mol. The van der Waals surface area contributed by atoms with Gasteiger partial charge in [0, 0.05) is 24.6 Å². The summed E-state index contributed by atoms with van der Waals surface area (Å²) in [5.41, 5.74) is 9.49. The maximum Gasteiger partial charge on any atom is 0.258 e. The van der Waals surface area contributed by atoms with Gasteiger partial charge in [0.15, 0.2) is 0 Å². The van der Waals surface area contributed by atoms with E-state index in [0.717, 1.165) is 29.8 Å². The fourth-order valence-corrected chi connectivity index (χ4v) is 2.70. The number of rotatable bonds is 6. The zero-order valence-corrected chi connectivity index (χ0v) is 14.4. The second-order valence-corrected chi connectivity index (χ2v) is 6.18. The highest BCUT2D eigenvalue weighted by Gasteiger charge is 2.17. The Morgan fingerprint density at radius 3 is 2.74 bits per heavy atom. The molecule has 5 nitrogen and oxygen atoms in total. The fourth-order valence-electron chi connectivity index (χ4n) is 2.70. The molecular weight excluding hydrogens is 288 g/mol. The summed E-state index contributed by atoms with van der Waals surface area (Å²) >= 11 is 0. The van der Waals surface area contributed by atoms with Crippen LogP contribution in [0.25, 0.3) is 0 Å². The zero-order valence-electron chi connectivity index (χ0n) is 14.4. The topological polar surface area (TPSA) is 72.9 Å². The van der Waals surface area contributed by atoms with Gasteiger partial charge in [-0.05, 0) is 56.0 Å². The van der Waals surface area contributed by atoms with Crippen LogP contribution in [-0.2, 0) is 13.5 Å². The smallest absolute Gasteiger partial charge is 0.258 e. The number of nitrogens with two attached hydrogens (primary N) is 1. The van der Waals surface area contributed by atoms with Gasteiger partial charge in [-0.2, -0.15) is 0 Å². The van der Waals surface area contributed by atoms with Crippen LogP contribution in [0.3, 0.4) is 0 Å². The van der Waals surface area contributed by atoms with Crippen molar-refractivity contribution in [3.63, 3.8) is 0 Å². The van der Waals surface area contributed by atoms with E-state index in [1.54, 1.807) is 6.20 Å². The van der Waals surface area contributed by atoms with E-state index in [0.29, 0.717) is 23.8 Å². The minimum absolute atomic E-state index is 0.117. The molecule has 0 aromatic carbocycles. The maximum atomic E-state index is 12.6. The second-order valence-electron chi connectivity index (χ2n) is 6.18. The lowest BCUT2D eigenvalue weighted by Crippen LogP contribution is -2.14. The molecule has 2 aromatic heterocycles. The van der Waals surface area contributed by atoms with Gasteiger partial charge in [0.05, 0.1) is 5.56 Å². The summed E-state index contributed by atoms with van der Waals surface area (Å²) in [7, 11) is 1.99. The van der Waals surface area contributed by atoms with Crippen LogP contribution in [0.2, 0.25) is 0 Å². The van der Waals surface area contributed by atoms with Crippen molar-refractivity contribution in [1.82, 2.24) is 9.55 Å². The van der Waals surface area contributed by atoms with E-state index in [1.807, 2.05) is 32.2 Å². The van der Waals surface area contributed by atoms with Gasteiger partial charge in [-0.1, -0.05) is 13.8 Å². The van der Waals surface area contributed by atoms with Crippen LogP contribution in [0.4, 0.5) is 5.82 Å². The van der Waals surface area contributed by atoms with Crippen molar-refractivity contribution in [1.29, 1.82) is 0 Å². The van der Waals surface area contributed by atoms with E-state index in [4.69, 9.17) is 5.73 Å². The third-order valence-electron chi connectivity index (χ3n) is 4.14. The lowest BCUT2D eigenvalue weighted by molar-refractivity contribution is 0.102. The molecule has 5 heteroatoms. The van der Waals surface area contributed by atoms with Gasteiger partial charge in [0.25, 0.3) is 5.91 Å².